The molecule has 0 amide bonds. The lowest BCUT2D eigenvalue weighted by Crippen LogP contribution is -2.56. The highest BCUT2D eigenvalue weighted by Gasteiger charge is 2.21. The Bertz CT molecular complexity index is 298. The number of hydrogen-bond acceptors (Lipinski definition) is 3. The van der Waals surface area contributed by atoms with Gasteiger partial charge < -0.3 is 10.2 Å². The molecule has 1 aromatic carbocycles. The van der Waals surface area contributed by atoms with E-state index in [4.69, 9.17) is 0 Å². The summed E-state index contributed by atoms with van der Waals surface area (Å²) >= 11 is 1.79. The molecule has 0 saturated carbocycles. The third-order valence-electron chi connectivity index (χ3n) is 2.79. The lowest BCUT2D eigenvalue weighted by atomic mass is 10.1. The van der Waals surface area contributed by atoms with Crippen LogP contribution in [0.1, 0.15) is 0 Å². The second kappa shape index (κ2) is 5.64. The van der Waals surface area contributed by atoms with E-state index in [0.717, 1.165) is 13.1 Å². The molecule has 0 radical (unpaired) electrons. The number of nitrogens with zero attached hydrogens (tertiary/aromatic N) is 1. The number of benzene rings is 1. The molecule has 1 saturated heterocycles. The van der Waals surface area contributed by atoms with Gasteiger partial charge in [-0.25, -0.2) is 0 Å². The predicted octanol–water partition coefficient (Wildman–Crippen LogP) is 2.24. The second-order valence-corrected chi connectivity index (χ2v) is 4.50. The van der Waals surface area contributed by atoms with Crippen molar-refractivity contribution in [2.45, 2.75) is 10.9 Å². The Labute approximate surface area is 102 Å². The van der Waals surface area contributed by atoms with Gasteiger partial charge >= 0.3 is 0 Å². The number of rotatable bonds is 3. The second-order valence-electron chi connectivity index (χ2n) is 3.62. The average Bonchev–Trinajstić information content (AvgIpc) is 2.15. The smallest absolute Gasteiger partial charge is 0.0535 e. The van der Waals surface area contributed by atoms with Gasteiger partial charge in [0.25, 0.3) is 0 Å². The molecule has 0 aliphatic carbocycles. The van der Waals surface area contributed by atoms with Gasteiger partial charge in [-0.15, -0.1) is 24.2 Å². The van der Waals surface area contributed by atoms with Crippen molar-refractivity contribution in [1.29, 1.82) is 0 Å². The minimum absolute atomic E-state index is 0. The summed E-state index contributed by atoms with van der Waals surface area (Å²) in [5.74, 6) is 0. The van der Waals surface area contributed by atoms with Gasteiger partial charge in [-0.1, -0.05) is 0 Å². The molecule has 1 N–H and O–H groups in total. The summed E-state index contributed by atoms with van der Waals surface area (Å²) < 4.78 is 0. The van der Waals surface area contributed by atoms with Crippen LogP contribution in [0.5, 0.6) is 0 Å². The van der Waals surface area contributed by atoms with E-state index in [2.05, 4.69) is 47.8 Å². The summed E-state index contributed by atoms with van der Waals surface area (Å²) in [6.07, 6.45) is 2.11. The highest BCUT2D eigenvalue weighted by atomic mass is 35.5. The Morgan fingerprint density at radius 1 is 1.27 bits per heavy atom. The van der Waals surface area contributed by atoms with Crippen LogP contribution in [0.3, 0.4) is 0 Å². The Hall–Kier alpha value is -0.380. The van der Waals surface area contributed by atoms with E-state index in [1.807, 2.05) is 0 Å². The SMILES string of the molecule is CSc1ccc(N(C)C2CNC2)cc1.Cl. The zero-order valence-corrected chi connectivity index (χ0v) is 10.7. The van der Waals surface area contributed by atoms with Crippen molar-refractivity contribution >= 4 is 29.9 Å². The summed E-state index contributed by atoms with van der Waals surface area (Å²) in [7, 11) is 2.17. The topological polar surface area (TPSA) is 15.3 Å². The molecule has 1 aliphatic rings. The largest absolute Gasteiger partial charge is 0.369 e. The molecular formula is C11H17ClN2S. The Morgan fingerprint density at radius 2 is 1.87 bits per heavy atom. The van der Waals surface area contributed by atoms with Crippen LogP contribution < -0.4 is 10.2 Å². The summed E-state index contributed by atoms with van der Waals surface area (Å²) in [5, 5.41) is 3.29. The highest BCUT2D eigenvalue weighted by molar-refractivity contribution is 7.98. The summed E-state index contributed by atoms with van der Waals surface area (Å²) in [4.78, 5) is 3.68. The number of anilines is 1. The third-order valence-corrected chi connectivity index (χ3v) is 3.53. The van der Waals surface area contributed by atoms with Crippen LogP contribution >= 0.6 is 24.2 Å². The number of hydrogen-bond donors (Lipinski definition) is 1. The van der Waals surface area contributed by atoms with Gasteiger partial charge in [0.15, 0.2) is 0 Å². The molecular weight excluding hydrogens is 228 g/mol. The molecule has 0 spiro atoms. The van der Waals surface area contributed by atoms with Crippen molar-refractivity contribution in [2.75, 3.05) is 31.3 Å². The molecule has 0 unspecified atom stereocenters. The first-order chi connectivity index (χ1) is 6.81. The molecule has 0 bridgehead atoms. The van der Waals surface area contributed by atoms with E-state index in [0.29, 0.717) is 6.04 Å². The zero-order valence-electron chi connectivity index (χ0n) is 9.06. The monoisotopic (exact) mass is 244 g/mol. The maximum Gasteiger partial charge on any atom is 0.0535 e. The number of likely N-dealkylation sites (N-methyl/N-ethyl adjacent to an activating group) is 1. The molecule has 0 aromatic heterocycles. The van der Waals surface area contributed by atoms with E-state index in [1.54, 1.807) is 11.8 Å². The zero-order chi connectivity index (χ0) is 9.97. The minimum atomic E-state index is 0. The van der Waals surface area contributed by atoms with Crippen LogP contribution in [0.2, 0.25) is 0 Å². The van der Waals surface area contributed by atoms with Crippen molar-refractivity contribution in [3.05, 3.63) is 24.3 Å². The molecule has 1 heterocycles. The minimum Gasteiger partial charge on any atom is -0.369 e. The van der Waals surface area contributed by atoms with Crippen LogP contribution in [-0.2, 0) is 0 Å². The van der Waals surface area contributed by atoms with Gasteiger partial charge in [-0.05, 0) is 30.5 Å². The summed E-state index contributed by atoms with van der Waals surface area (Å²) in [6, 6.07) is 9.44. The fourth-order valence-electron chi connectivity index (χ4n) is 1.58. The van der Waals surface area contributed by atoms with Crippen LogP contribution in [0, 0.1) is 0 Å². The molecule has 1 aliphatic heterocycles. The number of halogens is 1. The Morgan fingerprint density at radius 3 is 2.27 bits per heavy atom. The van der Waals surface area contributed by atoms with E-state index >= 15 is 0 Å². The Balaban J connectivity index is 0.00000112. The molecule has 0 atom stereocenters. The van der Waals surface area contributed by atoms with E-state index < -0.39 is 0 Å². The maximum atomic E-state index is 3.29. The first-order valence-corrected chi connectivity index (χ1v) is 6.11. The molecule has 4 heteroatoms. The fourth-order valence-corrected chi connectivity index (χ4v) is 1.98. The maximum absolute atomic E-state index is 3.29. The number of thioether (sulfide) groups is 1. The van der Waals surface area contributed by atoms with Crippen LogP contribution in [0.4, 0.5) is 5.69 Å². The molecule has 15 heavy (non-hydrogen) atoms. The van der Waals surface area contributed by atoms with Gasteiger partial charge in [-0.2, -0.15) is 0 Å². The van der Waals surface area contributed by atoms with E-state index in [-0.39, 0.29) is 12.4 Å². The molecule has 84 valence electrons. The summed E-state index contributed by atoms with van der Waals surface area (Å²) in [5.41, 5.74) is 1.31. The number of nitrogens with one attached hydrogen (secondary N) is 1. The van der Waals surface area contributed by atoms with Crippen molar-refractivity contribution in [2.24, 2.45) is 0 Å². The van der Waals surface area contributed by atoms with Crippen LogP contribution in [0.25, 0.3) is 0 Å². The van der Waals surface area contributed by atoms with Crippen molar-refractivity contribution in [3.63, 3.8) is 0 Å². The van der Waals surface area contributed by atoms with Crippen molar-refractivity contribution in [1.82, 2.24) is 5.32 Å². The molecule has 1 fully saturated rings. The van der Waals surface area contributed by atoms with Gasteiger partial charge in [0.05, 0.1) is 6.04 Å². The molecule has 1 aromatic rings. The first kappa shape index (κ1) is 12.7. The predicted molar refractivity (Wildman–Crippen MR) is 70.5 cm³/mol. The van der Waals surface area contributed by atoms with Crippen molar-refractivity contribution in [3.8, 4) is 0 Å². The Kier molecular flexibility index (Phi) is 4.77. The molecule has 2 rings (SSSR count). The van der Waals surface area contributed by atoms with Gasteiger partial charge in [-0.3, -0.25) is 0 Å². The standard InChI is InChI=1S/C11H16N2S.ClH/c1-13(10-7-12-8-10)9-3-5-11(14-2)6-4-9;/h3-6,10,12H,7-8H2,1-2H3;1H. The average molecular weight is 245 g/mol. The molecule has 2 nitrogen and oxygen atoms in total. The van der Waals surface area contributed by atoms with E-state index in [1.165, 1.54) is 10.6 Å². The fraction of sp³-hybridized carbons (Fsp3) is 0.455. The summed E-state index contributed by atoms with van der Waals surface area (Å²) in [6.45, 7) is 2.22. The lowest BCUT2D eigenvalue weighted by Gasteiger charge is -2.37. The third kappa shape index (κ3) is 2.80. The van der Waals surface area contributed by atoms with Crippen molar-refractivity contribution < 1.29 is 0 Å². The van der Waals surface area contributed by atoms with Gasteiger partial charge in [0, 0.05) is 30.7 Å². The van der Waals surface area contributed by atoms with Crippen LogP contribution in [0.15, 0.2) is 29.2 Å². The van der Waals surface area contributed by atoms with E-state index in [9.17, 15) is 0 Å². The van der Waals surface area contributed by atoms with Gasteiger partial charge in [0.2, 0.25) is 0 Å². The first-order valence-electron chi connectivity index (χ1n) is 4.89. The lowest BCUT2D eigenvalue weighted by molar-refractivity contribution is 0.429. The van der Waals surface area contributed by atoms with Gasteiger partial charge in [0.1, 0.15) is 0 Å². The normalized spacial score (nSPS) is 15.3. The van der Waals surface area contributed by atoms with Crippen LogP contribution in [-0.4, -0.2) is 32.4 Å². The quantitative estimate of drug-likeness (QED) is 0.822. The highest BCUT2D eigenvalue weighted by Crippen LogP contribution is 2.21.